The number of methoxy groups -OCH3 is 1. The van der Waals surface area contributed by atoms with Gasteiger partial charge in [0.1, 0.15) is 12.0 Å². The quantitative estimate of drug-likeness (QED) is 0.854. The number of benzene rings is 1. The third-order valence-corrected chi connectivity index (χ3v) is 2.63. The van der Waals surface area contributed by atoms with Crippen molar-refractivity contribution in [2.24, 2.45) is 0 Å². The molecule has 7 heteroatoms. The molecular weight excluding hydrogens is 284 g/mol. The molecule has 1 heterocycles. The predicted octanol–water partition coefficient (Wildman–Crippen LogP) is 3.26. The maximum Gasteiger partial charge on any atom is 0.360 e. The number of nitrogens with one attached hydrogen (secondary N) is 1. The Morgan fingerprint density at radius 1 is 1.50 bits per heavy atom. The summed E-state index contributed by atoms with van der Waals surface area (Å²) in [6.07, 6.45) is 1.22. The third kappa shape index (κ3) is 3.21. The number of carbonyl (C=O) groups is 1. The van der Waals surface area contributed by atoms with E-state index in [0.717, 1.165) is 0 Å². The molecule has 0 bridgehead atoms. The summed E-state index contributed by atoms with van der Waals surface area (Å²) in [6, 6.07) is 5.22. The minimum atomic E-state index is -0.539. The van der Waals surface area contributed by atoms with Crippen LogP contribution in [0.4, 0.5) is 11.7 Å². The second-order valence-corrected chi connectivity index (χ2v) is 4.16. The molecule has 0 aliphatic heterocycles. The van der Waals surface area contributed by atoms with Crippen LogP contribution < -0.4 is 10.1 Å². The Kier molecular flexibility index (Phi) is 4.47. The van der Waals surface area contributed by atoms with E-state index in [-0.39, 0.29) is 18.3 Å². The van der Waals surface area contributed by atoms with Gasteiger partial charge in [0.15, 0.2) is 5.69 Å². The molecule has 0 spiro atoms. The fourth-order valence-corrected chi connectivity index (χ4v) is 1.70. The van der Waals surface area contributed by atoms with E-state index in [2.05, 4.69) is 10.3 Å². The van der Waals surface area contributed by atoms with Gasteiger partial charge in [-0.15, -0.1) is 0 Å². The lowest BCUT2D eigenvalue weighted by Crippen LogP contribution is -2.05. The summed E-state index contributed by atoms with van der Waals surface area (Å²) in [5, 5.41) is 3.42. The van der Waals surface area contributed by atoms with E-state index in [0.29, 0.717) is 16.5 Å². The molecule has 106 valence electrons. The van der Waals surface area contributed by atoms with Gasteiger partial charge in [0.2, 0.25) is 0 Å². The first-order valence-electron chi connectivity index (χ1n) is 5.87. The first-order valence-corrected chi connectivity index (χ1v) is 6.25. The lowest BCUT2D eigenvalue weighted by atomic mass is 10.3. The van der Waals surface area contributed by atoms with Crippen molar-refractivity contribution in [1.82, 2.24) is 4.98 Å². The van der Waals surface area contributed by atoms with Crippen LogP contribution in [0, 0.1) is 0 Å². The van der Waals surface area contributed by atoms with Crippen molar-refractivity contribution < 1.29 is 18.7 Å². The number of carbonyl (C=O) groups excluding carboxylic acids is 1. The van der Waals surface area contributed by atoms with E-state index in [1.165, 1.54) is 13.4 Å². The molecular formula is C13H13ClN2O4. The second-order valence-electron chi connectivity index (χ2n) is 3.73. The van der Waals surface area contributed by atoms with Crippen LogP contribution >= 0.6 is 11.6 Å². The Bertz CT molecular complexity index is 612. The van der Waals surface area contributed by atoms with E-state index in [1.807, 2.05) is 0 Å². The van der Waals surface area contributed by atoms with Crippen molar-refractivity contribution in [3.05, 3.63) is 35.2 Å². The van der Waals surface area contributed by atoms with Crippen LogP contribution in [0.5, 0.6) is 5.75 Å². The number of ether oxygens (including phenoxy) is 2. The number of halogens is 1. The number of anilines is 2. The summed E-state index contributed by atoms with van der Waals surface area (Å²) in [6.45, 7) is 1.99. The number of rotatable bonds is 5. The molecule has 2 aromatic rings. The summed E-state index contributed by atoms with van der Waals surface area (Å²) in [7, 11) is 1.54. The average Bonchev–Trinajstić information content (AvgIpc) is 2.88. The van der Waals surface area contributed by atoms with Crippen molar-refractivity contribution >= 4 is 29.3 Å². The van der Waals surface area contributed by atoms with Crippen LogP contribution in [0.2, 0.25) is 5.02 Å². The molecule has 0 fully saturated rings. The topological polar surface area (TPSA) is 73.6 Å². The van der Waals surface area contributed by atoms with Crippen LogP contribution in [0.25, 0.3) is 0 Å². The normalized spacial score (nSPS) is 10.2. The first-order chi connectivity index (χ1) is 9.63. The number of aromatic nitrogens is 1. The molecule has 0 saturated heterocycles. The molecule has 1 aromatic carbocycles. The van der Waals surface area contributed by atoms with Gasteiger partial charge in [-0.3, -0.25) is 0 Å². The lowest BCUT2D eigenvalue weighted by molar-refractivity contribution is 0.0519. The Hall–Kier alpha value is -2.21. The molecule has 20 heavy (non-hydrogen) atoms. The fourth-order valence-electron chi connectivity index (χ4n) is 1.52. The van der Waals surface area contributed by atoms with Crippen molar-refractivity contribution in [2.45, 2.75) is 6.92 Å². The Balaban J connectivity index is 2.18. The predicted molar refractivity (Wildman–Crippen MR) is 73.7 cm³/mol. The molecule has 0 aliphatic rings. The molecule has 0 atom stereocenters. The van der Waals surface area contributed by atoms with Gasteiger partial charge in [0.25, 0.3) is 6.01 Å². The van der Waals surface area contributed by atoms with E-state index in [1.54, 1.807) is 25.1 Å². The zero-order valence-electron chi connectivity index (χ0n) is 11.0. The molecule has 0 radical (unpaired) electrons. The van der Waals surface area contributed by atoms with Crippen molar-refractivity contribution in [3.8, 4) is 5.75 Å². The van der Waals surface area contributed by atoms with E-state index in [4.69, 9.17) is 25.5 Å². The molecule has 0 amide bonds. The maximum absolute atomic E-state index is 11.5. The largest absolute Gasteiger partial charge is 0.495 e. The van der Waals surface area contributed by atoms with Crippen molar-refractivity contribution in [2.75, 3.05) is 19.0 Å². The SMILES string of the molecule is CCOC(=O)c1coc(Nc2cc(Cl)ccc2OC)n1. The number of nitrogens with zero attached hydrogens (tertiary/aromatic N) is 1. The molecule has 2 rings (SSSR count). The van der Waals surface area contributed by atoms with Crippen LogP contribution in [-0.2, 0) is 4.74 Å². The van der Waals surface area contributed by atoms with Gasteiger partial charge < -0.3 is 19.2 Å². The van der Waals surface area contributed by atoms with E-state index in [9.17, 15) is 4.79 Å². The Morgan fingerprint density at radius 3 is 3.00 bits per heavy atom. The Morgan fingerprint density at radius 2 is 2.30 bits per heavy atom. The summed E-state index contributed by atoms with van der Waals surface area (Å²) in [5.41, 5.74) is 0.674. The number of hydrogen-bond acceptors (Lipinski definition) is 6. The van der Waals surface area contributed by atoms with Gasteiger partial charge in [0.05, 0.1) is 19.4 Å². The van der Waals surface area contributed by atoms with E-state index < -0.39 is 5.97 Å². The van der Waals surface area contributed by atoms with Crippen molar-refractivity contribution in [3.63, 3.8) is 0 Å². The summed E-state index contributed by atoms with van der Waals surface area (Å²) < 4.78 is 15.2. The smallest absolute Gasteiger partial charge is 0.360 e. The minimum Gasteiger partial charge on any atom is -0.495 e. The maximum atomic E-state index is 11.5. The molecule has 1 aromatic heterocycles. The van der Waals surface area contributed by atoms with Gasteiger partial charge in [-0.25, -0.2) is 4.79 Å². The Labute approximate surface area is 120 Å². The molecule has 0 unspecified atom stereocenters. The minimum absolute atomic E-state index is 0.0929. The number of oxazole rings is 1. The summed E-state index contributed by atoms with van der Waals surface area (Å²) in [5.74, 6) is 0.0349. The highest BCUT2D eigenvalue weighted by molar-refractivity contribution is 6.30. The van der Waals surface area contributed by atoms with Crippen LogP contribution in [0.15, 0.2) is 28.9 Å². The van der Waals surface area contributed by atoms with Crippen molar-refractivity contribution in [1.29, 1.82) is 0 Å². The third-order valence-electron chi connectivity index (χ3n) is 2.39. The highest BCUT2D eigenvalue weighted by atomic mass is 35.5. The fraction of sp³-hybridized carbons (Fsp3) is 0.231. The standard InChI is InChI=1S/C13H13ClN2O4/c1-3-19-12(17)10-7-20-13(16-10)15-9-6-8(14)4-5-11(9)18-2/h4-7H,3H2,1-2H3,(H,15,16). The summed E-state index contributed by atoms with van der Waals surface area (Å²) >= 11 is 5.92. The first kappa shape index (κ1) is 14.2. The van der Waals surface area contributed by atoms with E-state index >= 15 is 0 Å². The molecule has 1 N–H and O–H groups in total. The van der Waals surface area contributed by atoms with Gasteiger partial charge in [-0.1, -0.05) is 11.6 Å². The monoisotopic (exact) mass is 296 g/mol. The highest BCUT2D eigenvalue weighted by Crippen LogP contribution is 2.30. The van der Waals surface area contributed by atoms with Gasteiger partial charge in [-0.05, 0) is 25.1 Å². The molecule has 0 aliphatic carbocycles. The number of hydrogen-bond donors (Lipinski definition) is 1. The number of esters is 1. The van der Waals surface area contributed by atoms with Crippen LogP contribution in [-0.4, -0.2) is 24.7 Å². The van der Waals surface area contributed by atoms with Gasteiger partial charge in [0, 0.05) is 5.02 Å². The second kappa shape index (κ2) is 6.29. The van der Waals surface area contributed by atoms with Gasteiger partial charge in [-0.2, -0.15) is 4.98 Å². The lowest BCUT2D eigenvalue weighted by Gasteiger charge is -2.08. The van der Waals surface area contributed by atoms with Crippen LogP contribution in [0.3, 0.4) is 0 Å². The molecule has 6 nitrogen and oxygen atoms in total. The van der Waals surface area contributed by atoms with Gasteiger partial charge >= 0.3 is 5.97 Å². The zero-order valence-corrected chi connectivity index (χ0v) is 11.7. The zero-order chi connectivity index (χ0) is 14.5. The summed E-state index contributed by atoms with van der Waals surface area (Å²) in [4.78, 5) is 15.4. The van der Waals surface area contributed by atoms with Crippen LogP contribution in [0.1, 0.15) is 17.4 Å². The average molecular weight is 297 g/mol. The highest BCUT2D eigenvalue weighted by Gasteiger charge is 2.14. The molecule has 0 saturated carbocycles.